The lowest BCUT2D eigenvalue weighted by Gasteiger charge is -2.19. The van der Waals surface area contributed by atoms with E-state index in [1.165, 1.54) is 5.69 Å². The first kappa shape index (κ1) is 15.3. The zero-order valence-electron chi connectivity index (χ0n) is 12.2. The monoisotopic (exact) mass is 300 g/mol. The van der Waals surface area contributed by atoms with Crippen LogP contribution in [0.3, 0.4) is 0 Å². The number of nitrogens with two attached hydrogens (primary N) is 1. The number of hydrogen-bond acceptors (Lipinski definition) is 3. The molecule has 2 rings (SSSR count). The summed E-state index contributed by atoms with van der Waals surface area (Å²) in [7, 11) is 2.09. The van der Waals surface area contributed by atoms with Crippen molar-refractivity contribution in [3.63, 3.8) is 0 Å². The fraction of sp³-hybridized carbons (Fsp3) is 0.235. The molecule has 0 heterocycles. The van der Waals surface area contributed by atoms with Crippen molar-refractivity contribution in [2.45, 2.75) is 6.42 Å². The van der Waals surface area contributed by atoms with Gasteiger partial charge in [-0.15, -0.1) is 0 Å². The molecule has 0 radical (unpaired) electrons. The molecule has 0 atom stereocenters. The minimum Gasteiger partial charge on any atom is -0.494 e. The molecular weight excluding hydrogens is 280 g/mol. The van der Waals surface area contributed by atoms with Gasteiger partial charge in [0.05, 0.1) is 6.61 Å². The highest BCUT2D eigenvalue weighted by Crippen LogP contribution is 2.14. The average Bonchev–Trinajstić information content (AvgIpc) is 2.52. The van der Waals surface area contributed by atoms with E-state index in [2.05, 4.69) is 24.1 Å². The van der Waals surface area contributed by atoms with Crippen LogP contribution >= 0.6 is 12.2 Å². The summed E-state index contributed by atoms with van der Waals surface area (Å²) in [6, 6.07) is 17.9. The van der Waals surface area contributed by atoms with E-state index < -0.39 is 0 Å². The number of hydrogen-bond donors (Lipinski definition) is 1. The fourth-order valence-electron chi connectivity index (χ4n) is 2.02. The molecule has 0 unspecified atom stereocenters. The van der Waals surface area contributed by atoms with Crippen LogP contribution in [0.4, 0.5) is 5.69 Å². The summed E-state index contributed by atoms with van der Waals surface area (Å²) in [5, 5.41) is 0. The third-order valence-corrected chi connectivity index (χ3v) is 3.48. The summed E-state index contributed by atoms with van der Waals surface area (Å²) >= 11 is 4.92. The predicted octanol–water partition coefficient (Wildman–Crippen LogP) is 3.23. The van der Waals surface area contributed by atoms with Gasteiger partial charge < -0.3 is 15.4 Å². The van der Waals surface area contributed by atoms with Crippen molar-refractivity contribution in [1.82, 2.24) is 0 Å². The molecule has 0 fully saturated rings. The van der Waals surface area contributed by atoms with Gasteiger partial charge in [-0.1, -0.05) is 30.4 Å². The van der Waals surface area contributed by atoms with Crippen LogP contribution in [0.1, 0.15) is 12.0 Å². The predicted molar refractivity (Wildman–Crippen MR) is 92.2 cm³/mol. The molecule has 3 nitrogen and oxygen atoms in total. The van der Waals surface area contributed by atoms with Crippen LogP contribution in [0.5, 0.6) is 5.75 Å². The van der Waals surface area contributed by atoms with Gasteiger partial charge in [0.15, 0.2) is 0 Å². The Bertz CT molecular complexity index is 569. The molecule has 110 valence electrons. The normalized spacial score (nSPS) is 10.1. The average molecular weight is 300 g/mol. The summed E-state index contributed by atoms with van der Waals surface area (Å²) in [6.07, 6.45) is 0.961. The van der Waals surface area contributed by atoms with Crippen molar-refractivity contribution in [2.75, 3.05) is 25.1 Å². The minimum atomic E-state index is 0.408. The number of nitrogens with zero attached hydrogens (tertiary/aromatic N) is 1. The number of anilines is 1. The third-order valence-electron chi connectivity index (χ3n) is 3.24. The van der Waals surface area contributed by atoms with Gasteiger partial charge >= 0.3 is 0 Å². The first-order valence-corrected chi connectivity index (χ1v) is 7.36. The van der Waals surface area contributed by atoms with Gasteiger partial charge in [0.2, 0.25) is 0 Å². The largest absolute Gasteiger partial charge is 0.494 e. The number of thiocarbonyl (C=S) groups is 1. The first-order valence-electron chi connectivity index (χ1n) is 6.95. The first-order chi connectivity index (χ1) is 10.2. The minimum absolute atomic E-state index is 0.408. The second-order valence-electron chi connectivity index (χ2n) is 4.85. The molecule has 21 heavy (non-hydrogen) atoms. The maximum Gasteiger partial charge on any atom is 0.119 e. The SMILES string of the molecule is CN(CCCOc1ccc(C(N)=S)cc1)c1ccccc1. The van der Waals surface area contributed by atoms with Crippen LogP contribution in [0, 0.1) is 0 Å². The summed E-state index contributed by atoms with van der Waals surface area (Å²) in [5.74, 6) is 0.845. The number of para-hydroxylation sites is 1. The molecule has 4 heteroatoms. The molecular formula is C17H20N2OS. The van der Waals surface area contributed by atoms with E-state index in [9.17, 15) is 0 Å². The van der Waals surface area contributed by atoms with Gasteiger partial charge in [0.1, 0.15) is 10.7 Å². The van der Waals surface area contributed by atoms with Crippen LogP contribution in [0.2, 0.25) is 0 Å². The molecule has 0 aliphatic rings. The number of rotatable bonds is 7. The van der Waals surface area contributed by atoms with Crippen molar-refractivity contribution in [3.8, 4) is 5.75 Å². The third kappa shape index (κ3) is 4.76. The van der Waals surface area contributed by atoms with E-state index in [1.807, 2.05) is 42.5 Å². The van der Waals surface area contributed by atoms with Gasteiger partial charge in [0, 0.05) is 24.8 Å². The van der Waals surface area contributed by atoms with Crippen molar-refractivity contribution in [3.05, 3.63) is 60.2 Å². The Morgan fingerprint density at radius 3 is 2.38 bits per heavy atom. The fourth-order valence-corrected chi connectivity index (χ4v) is 2.15. The highest BCUT2D eigenvalue weighted by atomic mass is 32.1. The molecule has 0 saturated heterocycles. The highest BCUT2D eigenvalue weighted by molar-refractivity contribution is 7.80. The van der Waals surface area contributed by atoms with Crippen LogP contribution < -0.4 is 15.4 Å². The Labute approximate surface area is 131 Å². The topological polar surface area (TPSA) is 38.5 Å². The van der Waals surface area contributed by atoms with Gasteiger partial charge in [-0.05, 0) is 42.8 Å². The Morgan fingerprint density at radius 1 is 1.10 bits per heavy atom. The molecule has 0 aromatic heterocycles. The van der Waals surface area contributed by atoms with Crippen LogP contribution in [0.25, 0.3) is 0 Å². The summed E-state index contributed by atoms with van der Waals surface area (Å²) in [6.45, 7) is 1.64. The molecule has 0 saturated carbocycles. The summed E-state index contributed by atoms with van der Waals surface area (Å²) in [4.78, 5) is 2.63. The standard InChI is InChI=1S/C17H20N2OS/c1-19(15-6-3-2-4-7-15)12-5-13-20-16-10-8-14(9-11-16)17(18)21/h2-4,6-11H,5,12-13H2,1H3,(H2,18,21). The van der Waals surface area contributed by atoms with Crippen LogP contribution in [0.15, 0.2) is 54.6 Å². The van der Waals surface area contributed by atoms with E-state index in [-0.39, 0.29) is 0 Å². The lowest BCUT2D eigenvalue weighted by Crippen LogP contribution is -2.20. The molecule has 2 aromatic carbocycles. The lowest BCUT2D eigenvalue weighted by atomic mass is 10.2. The van der Waals surface area contributed by atoms with Gasteiger partial charge in [-0.25, -0.2) is 0 Å². The molecule has 2 N–H and O–H groups in total. The maximum absolute atomic E-state index is 5.72. The van der Waals surface area contributed by atoms with Gasteiger partial charge in [-0.2, -0.15) is 0 Å². The molecule has 2 aromatic rings. The van der Waals surface area contributed by atoms with Crippen LogP contribution in [-0.2, 0) is 0 Å². The van der Waals surface area contributed by atoms with E-state index in [0.29, 0.717) is 11.6 Å². The molecule has 0 bridgehead atoms. The quantitative estimate of drug-likeness (QED) is 0.629. The second kappa shape index (κ2) is 7.64. The molecule has 0 aliphatic carbocycles. The number of ether oxygens (including phenoxy) is 1. The maximum atomic E-state index is 5.72. The van der Waals surface area contributed by atoms with Gasteiger partial charge in [-0.3, -0.25) is 0 Å². The van der Waals surface area contributed by atoms with E-state index in [0.717, 1.165) is 24.3 Å². The van der Waals surface area contributed by atoms with E-state index >= 15 is 0 Å². The van der Waals surface area contributed by atoms with Crippen molar-refractivity contribution in [1.29, 1.82) is 0 Å². The van der Waals surface area contributed by atoms with Gasteiger partial charge in [0.25, 0.3) is 0 Å². The Morgan fingerprint density at radius 2 is 1.76 bits per heavy atom. The lowest BCUT2D eigenvalue weighted by molar-refractivity contribution is 0.312. The Hall–Kier alpha value is -2.07. The second-order valence-corrected chi connectivity index (χ2v) is 5.29. The van der Waals surface area contributed by atoms with Crippen molar-refractivity contribution in [2.24, 2.45) is 5.73 Å². The van der Waals surface area contributed by atoms with E-state index in [1.54, 1.807) is 0 Å². The molecule has 0 amide bonds. The van der Waals surface area contributed by atoms with E-state index in [4.69, 9.17) is 22.7 Å². The van der Waals surface area contributed by atoms with Crippen molar-refractivity contribution >= 4 is 22.9 Å². The molecule has 0 aliphatic heterocycles. The Balaban J connectivity index is 1.73. The summed E-state index contributed by atoms with van der Waals surface area (Å²) in [5.41, 5.74) is 7.64. The van der Waals surface area contributed by atoms with Crippen LogP contribution in [-0.4, -0.2) is 25.2 Å². The molecule has 0 spiro atoms. The summed E-state index contributed by atoms with van der Waals surface area (Å²) < 4.78 is 5.72. The zero-order valence-corrected chi connectivity index (χ0v) is 13.0. The highest BCUT2D eigenvalue weighted by Gasteiger charge is 2.01. The van der Waals surface area contributed by atoms with Crippen molar-refractivity contribution < 1.29 is 4.74 Å². The number of benzene rings is 2. The zero-order chi connectivity index (χ0) is 15.1. The Kier molecular flexibility index (Phi) is 5.58. The smallest absolute Gasteiger partial charge is 0.119 e.